The van der Waals surface area contributed by atoms with Gasteiger partial charge in [0.15, 0.2) is 0 Å². The highest BCUT2D eigenvalue weighted by Gasteiger charge is 2.26. The van der Waals surface area contributed by atoms with Gasteiger partial charge in [0, 0.05) is 23.2 Å². The van der Waals surface area contributed by atoms with Crippen LogP contribution >= 0.6 is 11.3 Å². The highest BCUT2D eigenvalue weighted by atomic mass is 32.1. The minimum absolute atomic E-state index is 0.167. The fourth-order valence-corrected chi connectivity index (χ4v) is 4.55. The Hall–Kier alpha value is -1.81. The first-order valence-electron chi connectivity index (χ1n) is 6.95. The summed E-state index contributed by atoms with van der Waals surface area (Å²) in [5, 5.41) is 0.923. The average Bonchev–Trinajstić information content (AvgIpc) is 3.04. The zero-order valence-electron chi connectivity index (χ0n) is 11.4. The topological polar surface area (TPSA) is 46.3 Å². The van der Waals surface area contributed by atoms with Crippen molar-refractivity contribution in [3.8, 4) is 11.1 Å². The number of benzene rings is 1. The lowest BCUT2D eigenvalue weighted by atomic mass is 9.99. The molecule has 3 nitrogen and oxygen atoms in total. The van der Waals surface area contributed by atoms with Gasteiger partial charge in [0.25, 0.3) is 0 Å². The second kappa shape index (κ2) is 4.09. The maximum absolute atomic E-state index is 11.8. The lowest BCUT2D eigenvalue weighted by Crippen LogP contribution is -2.20. The molecule has 2 heterocycles. The van der Waals surface area contributed by atoms with Crippen molar-refractivity contribution in [1.29, 1.82) is 0 Å². The number of carbonyl (C=O) groups excluding carboxylic acids is 1. The van der Waals surface area contributed by atoms with Crippen molar-refractivity contribution in [1.82, 2.24) is 0 Å². The number of anilines is 2. The maximum atomic E-state index is 11.8. The summed E-state index contributed by atoms with van der Waals surface area (Å²) in [5.74, 6) is 0.167. The van der Waals surface area contributed by atoms with Gasteiger partial charge in [-0.05, 0) is 48.1 Å². The lowest BCUT2D eigenvalue weighted by Gasteiger charge is -2.11. The molecule has 1 aromatic heterocycles. The number of nitrogens with two attached hydrogens (primary N) is 1. The maximum Gasteiger partial charge on any atom is 0.231 e. The van der Waals surface area contributed by atoms with Crippen molar-refractivity contribution in [3.63, 3.8) is 0 Å². The molecule has 2 aliphatic rings. The summed E-state index contributed by atoms with van der Waals surface area (Å²) in [4.78, 5) is 15.0. The summed E-state index contributed by atoms with van der Waals surface area (Å²) >= 11 is 1.73. The number of nitrogens with zero attached hydrogens (tertiary/aromatic N) is 1. The van der Waals surface area contributed by atoms with E-state index in [2.05, 4.69) is 12.1 Å². The van der Waals surface area contributed by atoms with Crippen LogP contribution in [-0.4, -0.2) is 13.0 Å². The molecule has 1 aromatic carbocycles. The summed E-state index contributed by atoms with van der Waals surface area (Å²) in [5.41, 5.74) is 12.2. The van der Waals surface area contributed by atoms with Crippen molar-refractivity contribution in [2.24, 2.45) is 0 Å². The quantitative estimate of drug-likeness (QED) is 0.875. The SMILES string of the molecule is CN1C(=O)Cc2cc(-c3c(N)sc4c3CCC4)ccc21. The summed E-state index contributed by atoms with van der Waals surface area (Å²) in [6, 6.07) is 6.30. The zero-order chi connectivity index (χ0) is 13.9. The van der Waals surface area contributed by atoms with Crippen LogP contribution in [0.3, 0.4) is 0 Å². The smallest absolute Gasteiger partial charge is 0.231 e. The van der Waals surface area contributed by atoms with E-state index in [1.165, 1.54) is 28.0 Å². The van der Waals surface area contributed by atoms with Crippen LogP contribution < -0.4 is 10.6 Å². The van der Waals surface area contributed by atoms with Crippen LogP contribution in [0.5, 0.6) is 0 Å². The molecule has 0 atom stereocenters. The molecule has 4 rings (SSSR count). The van der Waals surface area contributed by atoms with Gasteiger partial charge in [0.2, 0.25) is 5.91 Å². The van der Waals surface area contributed by atoms with Crippen molar-refractivity contribution >= 4 is 27.9 Å². The van der Waals surface area contributed by atoms with E-state index in [1.54, 1.807) is 16.2 Å². The predicted octanol–water partition coefficient (Wildman–Crippen LogP) is 3.00. The first-order valence-corrected chi connectivity index (χ1v) is 7.76. The molecule has 4 heteroatoms. The number of carbonyl (C=O) groups is 1. The molecule has 1 amide bonds. The van der Waals surface area contributed by atoms with Crippen LogP contribution in [0.4, 0.5) is 10.7 Å². The van der Waals surface area contributed by atoms with Crippen LogP contribution in [0.15, 0.2) is 18.2 Å². The molecule has 2 N–H and O–H groups in total. The molecule has 0 saturated heterocycles. The number of thiophene rings is 1. The average molecular weight is 284 g/mol. The van der Waals surface area contributed by atoms with E-state index in [0.717, 1.165) is 29.1 Å². The Kier molecular flexibility index (Phi) is 2.45. The molecule has 102 valence electrons. The molecule has 0 unspecified atom stereocenters. The Labute approximate surface area is 122 Å². The third-order valence-corrected chi connectivity index (χ3v) is 5.51. The minimum Gasteiger partial charge on any atom is -0.390 e. The van der Waals surface area contributed by atoms with Gasteiger partial charge in [-0.15, -0.1) is 11.3 Å². The number of fused-ring (bicyclic) bond motifs is 2. The Balaban J connectivity index is 1.85. The molecule has 1 aliphatic heterocycles. The van der Waals surface area contributed by atoms with Gasteiger partial charge in [0.1, 0.15) is 0 Å². The Morgan fingerprint density at radius 2 is 2.15 bits per heavy atom. The number of hydrogen-bond donors (Lipinski definition) is 1. The Morgan fingerprint density at radius 1 is 1.30 bits per heavy atom. The summed E-state index contributed by atoms with van der Waals surface area (Å²) in [7, 11) is 1.84. The molecule has 0 radical (unpaired) electrons. The van der Waals surface area contributed by atoms with E-state index < -0.39 is 0 Å². The van der Waals surface area contributed by atoms with E-state index >= 15 is 0 Å². The van der Waals surface area contributed by atoms with Crippen LogP contribution in [0.1, 0.15) is 22.4 Å². The molecule has 1 aliphatic carbocycles. The van der Waals surface area contributed by atoms with E-state index in [1.807, 2.05) is 13.1 Å². The summed E-state index contributed by atoms with van der Waals surface area (Å²) < 4.78 is 0. The zero-order valence-corrected chi connectivity index (χ0v) is 12.2. The van der Waals surface area contributed by atoms with Gasteiger partial charge in [0.05, 0.1) is 11.4 Å². The molecule has 0 spiro atoms. The van der Waals surface area contributed by atoms with Crippen molar-refractivity contribution in [2.75, 3.05) is 17.7 Å². The van der Waals surface area contributed by atoms with Crippen LogP contribution in [0.2, 0.25) is 0 Å². The monoisotopic (exact) mass is 284 g/mol. The number of nitrogen functional groups attached to an aromatic ring is 1. The predicted molar refractivity (Wildman–Crippen MR) is 83.3 cm³/mol. The van der Waals surface area contributed by atoms with E-state index in [4.69, 9.17) is 5.73 Å². The molecular formula is C16H16N2OS. The van der Waals surface area contributed by atoms with Crippen molar-refractivity contribution in [3.05, 3.63) is 34.2 Å². The highest BCUT2D eigenvalue weighted by molar-refractivity contribution is 7.16. The minimum atomic E-state index is 0.167. The van der Waals surface area contributed by atoms with E-state index in [-0.39, 0.29) is 5.91 Å². The van der Waals surface area contributed by atoms with Gasteiger partial charge in [-0.25, -0.2) is 0 Å². The molecular weight excluding hydrogens is 268 g/mol. The number of rotatable bonds is 1. The standard InChI is InChI=1S/C16H16N2OS/c1-18-12-6-5-9(7-10(12)8-14(18)19)15-11-3-2-4-13(11)20-16(15)17/h5-7H,2-4,8,17H2,1H3. The fraction of sp³-hybridized carbons (Fsp3) is 0.312. The highest BCUT2D eigenvalue weighted by Crippen LogP contribution is 2.44. The lowest BCUT2D eigenvalue weighted by molar-refractivity contribution is -0.117. The van der Waals surface area contributed by atoms with Crippen LogP contribution in [-0.2, 0) is 24.1 Å². The van der Waals surface area contributed by atoms with Gasteiger partial charge >= 0.3 is 0 Å². The summed E-state index contributed by atoms with van der Waals surface area (Å²) in [6.07, 6.45) is 4.04. The van der Waals surface area contributed by atoms with E-state index in [9.17, 15) is 4.79 Å². The normalized spacial score (nSPS) is 16.6. The largest absolute Gasteiger partial charge is 0.390 e. The van der Waals surface area contributed by atoms with E-state index in [0.29, 0.717) is 6.42 Å². The van der Waals surface area contributed by atoms with Crippen LogP contribution in [0.25, 0.3) is 11.1 Å². The third kappa shape index (κ3) is 1.54. The van der Waals surface area contributed by atoms with Crippen molar-refractivity contribution < 1.29 is 4.79 Å². The van der Waals surface area contributed by atoms with Gasteiger partial charge in [-0.1, -0.05) is 6.07 Å². The molecule has 0 saturated carbocycles. The number of hydrogen-bond acceptors (Lipinski definition) is 3. The second-order valence-electron chi connectivity index (χ2n) is 5.57. The summed E-state index contributed by atoms with van der Waals surface area (Å²) in [6.45, 7) is 0. The third-order valence-electron chi connectivity index (χ3n) is 4.39. The number of amides is 1. The molecule has 2 aromatic rings. The number of likely N-dealkylation sites (N-methyl/N-ethyl adjacent to an activating group) is 1. The second-order valence-corrected chi connectivity index (χ2v) is 6.71. The van der Waals surface area contributed by atoms with Gasteiger partial charge < -0.3 is 10.6 Å². The Bertz CT molecular complexity index is 732. The fourth-order valence-electron chi connectivity index (χ4n) is 3.37. The molecule has 0 bridgehead atoms. The molecule has 20 heavy (non-hydrogen) atoms. The van der Waals surface area contributed by atoms with Gasteiger partial charge in [-0.2, -0.15) is 0 Å². The van der Waals surface area contributed by atoms with Crippen LogP contribution in [0, 0.1) is 0 Å². The van der Waals surface area contributed by atoms with Crippen molar-refractivity contribution in [2.45, 2.75) is 25.7 Å². The molecule has 0 fully saturated rings. The first kappa shape index (κ1) is 12.0. The number of aryl methyl sites for hydroxylation is 1. The first-order chi connectivity index (χ1) is 9.65. The Morgan fingerprint density at radius 3 is 3.00 bits per heavy atom. The van der Waals surface area contributed by atoms with Gasteiger partial charge in [-0.3, -0.25) is 4.79 Å².